The van der Waals surface area contributed by atoms with Crippen LogP contribution in [0.1, 0.15) is 45.1 Å². The third kappa shape index (κ3) is 6.69. The topological polar surface area (TPSA) is 73.5 Å². The van der Waals surface area contributed by atoms with E-state index in [0.29, 0.717) is 12.5 Å². The van der Waals surface area contributed by atoms with Gasteiger partial charge in [0.15, 0.2) is 0 Å². The molecule has 0 aromatic heterocycles. The van der Waals surface area contributed by atoms with Crippen LogP contribution >= 0.6 is 12.4 Å². The van der Waals surface area contributed by atoms with Crippen molar-refractivity contribution in [2.45, 2.75) is 58.0 Å². The molecule has 162 valence electrons. The Hall–Kier alpha value is -1.63. The Kier molecular flexibility index (Phi) is 9.40. The molecule has 7 heteroatoms. The van der Waals surface area contributed by atoms with Gasteiger partial charge in [0.1, 0.15) is 0 Å². The minimum Gasteiger partial charge on any atom is -0.354 e. The van der Waals surface area contributed by atoms with E-state index in [4.69, 9.17) is 0 Å². The van der Waals surface area contributed by atoms with Crippen LogP contribution < -0.4 is 16.0 Å². The van der Waals surface area contributed by atoms with Crippen LogP contribution in [0.4, 0.5) is 5.69 Å². The summed E-state index contributed by atoms with van der Waals surface area (Å²) in [5, 5.41) is 9.38. The number of hydrogen-bond donors (Lipinski definition) is 3. The number of aryl methyl sites for hydroxylation is 1. The molecule has 29 heavy (non-hydrogen) atoms. The van der Waals surface area contributed by atoms with Gasteiger partial charge in [-0.1, -0.05) is 19.1 Å². The van der Waals surface area contributed by atoms with Crippen LogP contribution in [0.2, 0.25) is 0 Å². The molecule has 2 heterocycles. The number of benzene rings is 1. The van der Waals surface area contributed by atoms with E-state index in [9.17, 15) is 9.59 Å². The lowest BCUT2D eigenvalue weighted by Gasteiger charge is -2.36. The first kappa shape index (κ1) is 23.6. The van der Waals surface area contributed by atoms with E-state index in [1.54, 1.807) is 0 Å². The Bertz CT molecular complexity index is 661. The van der Waals surface area contributed by atoms with E-state index < -0.39 is 0 Å². The third-order valence-electron chi connectivity index (χ3n) is 6.05. The summed E-state index contributed by atoms with van der Waals surface area (Å²) >= 11 is 0. The summed E-state index contributed by atoms with van der Waals surface area (Å²) in [6.45, 7) is 7.50. The van der Waals surface area contributed by atoms with Crippen molar-refractivity contribution in [1.29, 1.82) is 0 Å². The zero-order valence-corrected chi connectivity index (χ0v) is 18.4. The molecule has 0 saturated carbocycles. The first-order valence-electron chi connectivity index (χ1n) is 10.7. The SMILES string of the molecule is CCc1ccc(NC(=O)C(C)N2CCCC(CNC(=O)C3CCCN3)C2)cc1.Cl. The van der Waals surface area contributed by atoms with Gasteiger partial charge in [-0.25, -0.2) is 0 Å². The molecule has 2 aliphatic rings. The molecule has 2 aliphatic heterocycles. The van der Waals surface area contributed by atoms with Crippen LogP contribution in [0.25, 0.3) is 0 Å². The lowest BCUT2D eigenvalue weighted by Crippen LogP contribution is -2.50. The smallest absolute Gasteiger partial charge is 0.241 e. The fraction of sp³-hybridized carbons (Fsp3) is 0.636. The Labute approximate surface area is 180 Å². The summed E-state index contributed by atoms with van der Waals surface area (Å²) in [6.07, 6.45) is 5.15. The van der Waals surface area contributed by atoms with E-state index in [1.807, 2.05) is 19.1 Å². The number of anilines is 1. The van der Waals surface area contributed by atoms with Gasteiger partial charge in [-0.2, -0.15) is 0 Å². The van der Waals surface area contributed by atoms with Crippen LogP contribution in [0.5, 0.6) is 0 Å². The standard InChI is InChI=1S/C22H34N4O2.ClH/c1-3-17-8-10-19(11-9-17)25-21(27)16(2)26-13-5-6-18(15-26)14-24-22(28)20-7-4-12-23-20;/h8-11,16,18,20,23H,3-7,12-15H2,1-2H3,(H,24,28)(H,25,27);1H. The number of carbonyl (C=O) groups excluding carboxylic acids is 2. The quantitative estimate of drug-likeness (QED) is 0.631. The summed E-state index contributed by atoms with van der Waals surface area (Å²) in [5.41, 5.74) is 2.11. The second-order valence-corrected chi connectivity index (χ2v) is 8.11. The summed E-state index contributed by atoms with van der Waals surface area (Å²) in [6, 6.07) is 7.84. The molecule has 6 nitrogen and oxygen atoms in total. The van der Waals surface area contributed by atoms with E-state index in [2.05, 4.69) is 39.9 Å². The van der Waals surface area contributed by atoms with Gasteiger partial charge in [-0.15, -0.1) is 12.4 Å². The molecule has 0 spiro atoms. The minimum absolute atomic E-state index is 0. The molecule has 3 N–H and O–H groups in total. The Balaban J connectivity index is 0.00000300. The lowest BCUT2D eigenvalue weighted by molar-refractivity contribution is -0.124. The first-order valence-corrected chi connectivity index (χ1v) is 10.7. The molecule has 3 atom stereocenters. The Morgan fingerprint density at radius 2 is 1.97 bits per heavy atom. The number of piperidine rings is 1. The molecule has 1 aromatic carbocycles. The maximum atomic E-state index is 12.7. The molecule has 0 bridgehead atoms. The van der Waals surface area contributed by atoms with Crippen molar-refractivity contribution in [3.05, 3.63) is 29.8 Å². The van der Waals surface area contributed by atoms with Gasteiger partial charge < -0.3 is 16.0 Å². The van der Waals surface area contributed by atoms with Crippen LogP contribution in [0, 0.1) is 5.92 Å². The molecule has 2 saturated heterocycles. The molecule has 1 aromatic rings. The summed E-state index contributed by atoms with van der Waals surface area (Å²) < 4.78 is 0. The largest absolute Gasteiger partial charge is 0.354 e. The van der Waals surface area contributed by atoms with Crippen molar-refractivity contribution in [2.24, 2.45) is 5.92 Å². The second kappa shape index (κ2) is 11.5. The van der Waals surface area contributed by atoms with Gasteiger partial charge in [0, 0.05) is 18.8 Å². The van der Waals surface area contributed by atoms with Crippen molar-refractivity contribution in [1.82, 2.24) is 15.5 Å². The van der Waals surface area contributed by atoms with Crippen LogP contribution in [0.15, 0.2) is 24.3 Å². The predicted molar refractivity (Wildman–Crippen MR) is 119 cm³/mol. The maximum Gasteiger partial charge on any atom is 0.241 e. The molecule has 0 radical (unpaired) electrons. The summed E-state index contributed by atoms with van der Waals surface area (Å²) in [5.74, 6) is 0.554. The highest BCUT2D eigenvalue weighted by atomic mass is 35.5. The monoisotopic (exact) mass is 422 g/mol. The fourth-order valence-electron chi connectivity index (χ4n) is 4.13. The lowest BCUT2D eigenvalue weighted by atomic mass is 9.96. The number of halogens is 1. The van der Waals surface area contributed by atoms with Gasteiger partial charge in [-0.05, 0) is 75.7 Å². The second-order valence-electron chi connectivity index (χ2n) is 8.11. The molecule has 3 unspecified atom stereocenters. The number of nitrogens with zero attached hydrogens (tertiary/aromatic N) is 1. The van der Waals surface area contributed by atoms with Gasteiger partial charge >= 0.3 is 0 Å². The Morgan fingerprint density at radius 3 is 2.62 bits per heavy atom. The van der Waals surface area contributed by atoms with Crippen LogP contribution in [-0.4, -0.2) is 55.0 Å². The summed E-state index contributed by atoms with van der Waals surface area (Å²) in [7, 11) is 0. The van der Waals surface area contributed by atoms with E-state index in [1.165, 1.54) is 5.56 Å². The van der Waals surface area contributed by atoms with Crippen molar-refractivity contribution < 1.29 is 9.59 Å². The van der Waals surface area contributed by atoms with Gasteiger partial charge in [-0.3, -0.25) is 14.5 Å². The zero-order valence-electron chi connectivity index (χ0n) is 17.6. The number of hydrogen-bond acceptors (Lipinski definition) is 4. The molecular weight excluding hydrogens is 388 g/mol. The number of rotatable bonds is 7. The van der Waals surface area contributed by atoms with Gasteiger partial charge in [0.2, 0.25) is 11.8 Å². The van der Waals surface area contributed by atoms with Gasteiger partial charge in [0.25, 0.3) is 0 Å². The molecule has 2 amide bonds. The highest BCUT2D eigenvalue weighted by Crippen LogP contribution is 2.19. The van der Waals surface area contributed by atoms with Crippen molar-refractivity contribution in [2.75, 3.05) is 31.5 Å². The maximum absolute atomic E-state index is 12.7. The fourth-order valence-corrected chi connectivity index (χ4v) is 4.13. The van der Waals surface area contributed by atoms with Crippen molar-refractivity contribution >= 4 is 29.9 Å². The predicted octanol–water partition coefficient (Wildman–Crippen LogP) is 2.58. The zero-order chi connectivity index (χ0) is 19.9. The van der Waals surface area contributed by atoms with Gasteiger partial charge in [0.05, 0.1) is 12.1 Å². The molecule has 2 fully saturated rings. The van der Waals surface area contributed by atoms with Crippen LogP contribution in [0.3, 0.4) is 0 Å². The highest BCUT2D eigenvalue weighted by molar-refractivity contribution is 5.94. The molecule has 3 rings (SSSR count). The highest BCUT2D eigenvalue weighted by Gasteiger charge is 2.28. The number of carbonyl (C=O) groups is 2. The average molecular weight is 423 g/mol. The van der Waals surface area contributed by atoms with Crippen molar-refractivity contribution in [3.63, 3.8) is 0 Å². The molecule has 0 aliphatic carbocycles. The number of nitrogens with one attached hydrogen (secondary N) is 3. The third-order valence-corrected chi connectivity index (χ3v) is 6.05. The summed E-state index contributed by atoms with van der Waals surface area (Å²) in [4.78, 5) is 27.1. The average Bonchev–Trinajstić information content (AvgIpc) is 3.27. The minimum atomic E-state index is -0.180. The van der Waals surface area contributed by atoms with E-state index in [-0.39, 0.29) is 36.3 Å². The molecular formula is C22H35ClN4O2. The number of amides is 2. The Morgan fingerprint density at radius 1 is 1.21 bits per heavy atom. The van der Waals surface area contributed by atoms with Crippen molar-refractivity contribution in [3.8, 4) is 0 Å². The normalized spacial score (nSPS) is 23.1. The van der Waals surface area contributed by atoms with E-state index in [0.717, 1.165) is 57.4 Å². The first-order chi connectivity index (χ1) is 13.6. The number of likely N-dealkylation sites (tertiary alicyclic amines) is 1. The van der Waals surface area contributed by atoms with E-state index >= 15 is 0 Å². The van der Waals surface area contributed by atoms with Crippen LogP contribution in [-0.2, 0) is 16.0 Å².